The van der Waals surface area contributed by atoms with E-state index >= 15 is 0 Å². The molecule has 0 bridgehead atoms. The summed E-state index contributed by atoms with van der Waals surface area (Å²) in [4.78, 5) is 25.7. The number of hydrogen-bond acceptors (Lipinski definition) is 4. The number of carbonyl (C=O) groups is 1. The molecule has 0 aromatic carbocycles. The molecule has 0 aromatic rings. The molecule has 0 aliphatic rings. The van der Waals surface area contributed by atoms with E-state index in [0.29, 0.717) is 19.4 Å². The maximum atomic E-state index is 10.9. The zero-order chi connectivity index (χ0) is 10.1. The number of hydroxylamine groups is 1. The Morgan fingerprint density at radius 1 is 1.38 bits per heavy atom. The van der Waals surface area contributed by atoms with Crippen molar-refractivity contribution in [3.8, 4) is 0 Å². The summed E-state index contributed by atoms with van der Waals surface area (Å²) in [6.07, 6.45) is 2.74. The smallest absolute Gasteiger partial charge is 0.321 e. The van der Waals surface area contributed by atoms with Gasteiger partial charge in [0, 0.05) is 6.42 Å². The van der Waals surface area contributed by atoms with Crippen LogP contribution in [0.3, 0.4) is 0 Å². The predicted octanol–water partition coefficient (Wildman–Crippen LogP) is 2.03. The molecule has 0 saturated heterocycles. The number of rotatable bonds is 7. The van der Waals surface area contributed by atoms with Gasteiger partial charge in [-0.25, -0.2) is 4.79 Å². The molecule has 76 valence electrons. The second-order valence-corrected chi connectivity index (χ2v) is 2.72. The Morgan fingerprint density at radius 2 is 2.08 bits per heavy atom. The van der Waals surface area contributed by atoms with Crippen molar-refractivity contribution in [3.05, 3.63) is 4.91 Å². The largest absolute Gasteiger partial charge is 0.334 e. The van der Waals surface area contributed by atoms with Gasteiger partial charge in [0.25, 0.3) is 0 Å². The van der Waals surface area contributed by atoms with E-state index in [0.717, 1.165) is 18.0 Å². The summed E-state index contributed by atoms with van der Waals surface area (Å²) in [5, 5.41) is 3.40. The molecule has 0 radical (unpaired) electrons. The molecule has 0 N–H and O–H groups in total. The number of nitroso groups, excluding NO2 is 1. The van der Waals surface area contributed by atoms with Gasteiger partial charge in [-0.15, -0.1) is 4.91 Å². The van der Waals surface area contributed by atoms with Gasteiger partial charge in [-0.05, 0) is 12.8 Å². The standard InChI is InChI=1S/C8H16N2O3/c1-3-5-7-10(9-12)13-8(11)6-4-2/h3-7H2,1-2H3. The number of unbranched alkanes of at least 4 members (excludes halogenated alkanes) is 1. The van der Waals surface area contributed by atoms with Gasteiger partial charge in [-0.1, -0.05) is 25.4 Å². The first-order chi connectivity index (χ1) is 6.24. The second kappa shape index (κ2) is 7.52. The maximum absolute atomic E-state index is 10.9. The summed E-state index contributed by atoms with van der Waals surface area (Å²) >= 11 is 0. The van der Waals surface area contributed by atoms with E-state index in [1.165, 1.54) is 0 Å². The predicted molar refractivity (Wildman–Crippen MR) is 48.4 cm³/mol. The van der Waals surface area contributed by atoms with Crippen molar-refractivity contribution >= 4 is 5.97 Å². The molecular weight excluding hydrogens is 172 g/mol. The van der Waals surface area contributed by atoms with Crippen LogP contribution >= 0.6 is 0 Å². The van der Waals surface area contributed by atoms with Gasteiger partial charge >= 0.3 is 5.97 Å². The van der Waals surface area contributed by atoms with Crippen LogP contribution in [-0.4, -0.2) is 17.7 Å². The highest BCUT2D eigenvalue weighted by molar-refractivity contribution is 5.68. The molecular formula is C8H16N2O3. The van der Waals surface area contributed by atoms with Crippen LogP contribution in [0.15, 0.2) is 5.29 Å². The van der Waals surface area contributed by atoms with Gasteiger partial charge < -0.3 is 4.84 Å². The minimum atomic E-state index is -0.404. The van der Waals surface area contributed by atoms with E-state index in [-0.39, 0.29) is 0 Å². The van der Waals surface area contributed by atoms with E-state index in [1.54, 1.807) is 0 Å². The average Bonchev–Trinajstić information content (AvgIpc) is 2.12. The summed E-state index contributed by atoms with van der Waals surface area (Å²) in [6, 6.07) is 0. The third-order valence-electron chi connectivity index (χ3n) is 1.46. The van der Waals surface area contributed by atoms with Gasteiger partial charge in [0.2, 0.25) is 0 Å². The number of nitrogens with zero attached hydrogens (tertiary/aromatic N) is 2. The van der Waals surface area contributed by atoms with Gasteiger partial charge in [0.1, 0.15) is 0 Å². The topological polar surface area (TPSA) is 59.0 Å². The van der Waals surface area contributed by atoms with Crippen molar-refractivity contribution in [2.75, 3.05) is 6.54 Å². The fourth-order valence-electron chi connectivity index (χ4n) is 0.764. The molecule has 0 unspecified atom stereocenters. The number of carbonyl (C=O) groups excluding carboxylic acids is 1. The highest BCUT2D eigenvalue weighted by atomic mass is 16.8. The lowest BCUT2D eigenvalue weighted by atomic mass is 10.3. The van der Waals surface area contributed by atoms with Crippen LogP contribution in [-0.2, 0) is 9.63 Å². The Labute approximate surface area is 77.9 Å². The highest BCUT2D eigenvalue weighted by Crippen LogP contribution is 2.00. The van der Waals surface area contributed by atoms with Gasteiger partial charge in [0.15, 0.2) is 0 Å². The lowest BCUT2D eigenvalue weighted by Gasteiger charge is -2.12. The van der Waals surface area contributed by atoms with Gasteiger partial charge in [-0.2, -0.15) is 0 Å². The molecule has 0 aliphatic heterocycles. The van der Waals surface area contributed by atoms with E-state index in [9.17, 15) is 9.70 Å². The minimum absolute atomic E-state index is 0.318. The molecule has 0 amide bonds. The molecule has 13 heavy (non-hydrogen) atoms. The Kier molecular flexibility index (Phi) is 6.86. The third-order valence-corrected chi connectivity index (χ3v) is 1.46. The van der Waals surface area contributed by atoms with Crippen molar-refractivity contribution < 1.29 is 9.63 Å². The Hall–Kier alpha value is -1.13. The van der Waals surface area contributed by atoms with E-state index in [2.05, 4.69) is 10.1 Å². The van der Waals surface area contributed by atoms with E-state index < -0.39 is 5.97 Å². The maximum Gasteiger partial charge on any atom is 0.334 e. The summed E-state index contributed by atoms with van der Waals surface area (Å²) in [5.74, 6) is -0.404. The van der Waals surface area contributed by atoms with Crippen LogP contribution in [0, 0.1) is 4.91 Å². The molecule has 0 heterocycles. The summed E-state index contributed by atoms with van der Waals surface area (Å²) in [7, 11) is 0. The minimum Gasteiger partial charge on any atom is -0.321 e. The van der Waals surface area contributed by atoms with E-state index in [1.807, 2.05) is 13.8 Å². The van der Waals surface area contributed by atoms with Crippen molar-refractivity contribution in [2.24, 2.45) is 5.29 Å². The molecule has 0 atom stereocenters. The first-order valence-electron chi connectivity index (χ1n) is 4.56. The van der Waals surface area contributed by atoms with Crippen LogP contribution in [0.5, 0.6) is 0 Å². The lowest BCUT2D eigenvalue weighted by molar-refractivity contribution is -0.191. The summed E-state index contributed by atoms with van der Waals surface area (Å²) < 4.78 is 0. The first-order valence-corrected chi connectivity index (χ1v) is 4.56. The van der Waals surface area contributed by atoms with Crippen molar-refractivity contribution in [1.29, 1.82) is 0 Å². The summed E-state index contributed by atoms with van der Waals surface area (Å²) in [6.45, 7) is 4.22. The molecule has 0 saturated carbocycles. The van der Waals surface area contributed by atoms with E-state index in [4.69, 9.17) is 0 Å². The highest BCUT2D eigenvalue weighted by Gasteiger charge is 2.08. The van der Waals surface area contributed by atoms with Crippen molar-refractivity contribution in [2.45, 2.75) is 39.5 Å². The zero-order valence-corrected chi connectivity index (χ0v) is 8.15. The lowest BCUT2D eigenvalue weighted by Crippen LogP contribution is -2.22. The fourth-order valence-corrected chi connectivity index (χ4v) is 0.764. The fraction of sp³-hybridized carbons (Fsp3) is 0.875. The van der Waals surface area contributed by atoms with Crippen LogP contribution in [0.2, 0.25) is 0 Å². The SMILES string of the molecule is CCCCN(N=O)OC(=O)CCC. The second-order valence-electron chi connectivity index (χ2n) is 2.72. The molecule has 5 nitrogen and oxygen atoms in total. The third kappa shape index (κ3) is 6.07. The molecule has 5 heteroatoms. The van der Waals surface area contributed by atoms with Crippen LogP contribution in [0.1, 0.15) is 39.5 Å². The molecule has 0 rings (SSSR count). The van der Waals surface area contributed by atoms with Crippen molar-refractivity contribution in [1.82, 2.24) is 5.17 Å². The van der Waals surface area contributed by atoms with Crippen molar-refractivity contribution in [3.63, 3.8) is 0 Å². The number of hydrogen-bond donors (Lipinski definition) is 0. The van der Waals surface area contributed by atoms with Gasteiger partial charge in [-0.3, -0.25) is 0 Å². The Balaban J connectivity index is 3.69. The quantitative estimate of drug-likeness (QED) is 0.453. The molecule has 0 aromatic heterocycles. The normalized spacial score (nSPS) is 9.38. The molecule has 0 spiro atoms. The molecule has 0 fully saturated rings. The average molecular weight is 188 g/mol. The monoisotopic (exact) mass is 188 g/mol. The summed E-state index contributed by atoms with van der Waals surface area (Å²) in [5.41, 5.74) is 0. The zero-order valence-electron chi connectivity index (χ0n) is 8.15. The Morgan fingerprint density at radius 3 is 2.54 bits per heavy atom. The van der Waals surface area contributed by atoms with Crippen LogP contribution in [0.25, 0.3) is 0 Å². The first kappa shape index (κ1) is 11.9. The molecule has 0 aliphatic carbocycles. The Bertz CT molecular complexity index is 161. The van der Waals surface area contributed by atoms with Crippen LogP contribution < -0.4 is 0 Å². The van der Waals surface area contributed by atoms with Gasteiger partial charge in [0.05, 0.1) is 11.8 Å². The van der Waals surface area contributed by atoms with Crippen LogP contribution in [0.4, 0.5) is 0 Å².